The molecule has 152 valence electrons. The van der Waals surface area contributed by atoms with E-state index in [2.05, 4.69) is 45.3 Å². The number of carbonyl (C=O) groups is 2. The Kier molecular flexibility index (Phi) is 7.09. The van der Waals surface area contributed by atoms with Crippen molar-refractivity contribution in [2.75, 3.05) is 13.1 Å². The molecule has 0 aliphatic carbocycles. The number of hydrogen-bond acceptors (Lipinski definition) is 4. The largest absolute Gasteiger partial charge is 0.342 e. The first-order chi connectivity index (χ1) is 12.5. The molecule has 1 aliphatic heterocycles. The van der Waals surface area contributed by atoms with Crippen molar-refractivity contribution < 1.29 is 9.59 Å². The zero-order chi connectivity index (χ0) is 20.2. The van der Waals surface area contributed by atoms with Crippen molar-refractivity contribution in [3.8, 4) is 0 Å². The molecule has 1 fully saturated rings. The van der Waals surface area contributed by atoms with E-state index in [9.17, 15) is 9.59 Å². The van der Waals surface area contributed by atoms with Crippen molar-refractivity contribution in [2.45, 2.75) is 84.3 Å². The molecule has 1 saturated heterocycles. The average Bonchev–Trinajstić information content (AvgIpc) is 2.96. The molecule has 0 radical (unpaired) electrons. The summed E-state index contributed by atoms with van der Waals surface area (Å²) < 4.78 is 0. The fourth-order valence-electron chi connectivity index (χ4n) is 4.23. The van der Waals surface area contributed by atoms with Crippen LogP contribution >= 0.6 is 11.3 Å². The highest BCUT2D eigenvalue weighted by atomic mass is 32.1. The smallest absolute Gasteiger partial charge is 0.261 e. The Hall–Kier alpha value is -1.40. The maximum Gasteiger partial charge on any atom is 0.261 e. The molecule has 2 heterocycles. The summed E-state index contributed by atoms with van der Waals surface area (Å²) in [6.45, 7) is 13.7. The van der Waals surface area contributed by atoms with E-state index in [1.807, 2.05) is 24.0 Å². The van der Waals surface area contributed by atoms with Gasteiger partial charge in [-0.3, -0.25) is 9.59 Å². The van der Waals surface area contributed by atoms with Crippen LogP contribution in [0.15, 0.2) is 12.1 Å². The molecular formula is C21H35N3O2S. The van der Waals surface area contributed by atoms with Gasteiger partial charge in [-0.2, -0.15) is 0 Å². The van der Waals surface area contributed by atoms with Crippen LogP contribution in [0.5, 0.6) is 0 Å². The van der Waals surface area contributed by atoms with Crippen molar-refractivity contribution in [3.63, 3.8) is 0 Å². The third-order valence-corrected chi connectivity index (χ3v) is 6.05. The molecule has 0 spiro atoms. The van der Waals surface area contributed by atoms with E-state index >= 15 is 0 Å². The van der Waals surface area contributed by atoms with Gasteiger partial charge in [-0.1, -0.05) is 13.3 Å². The fourth-order valence-corrected chi connectivity index (χ4v) is 5.01. The van der Waals surface area contributed by atoms with Crippen molar-refractivity contribution in [1.29, 1.82) is 0 Å². The number of carbonyl (C=O) groups excluding carboxylic acids is 2. The van der Waals surface area contributed by atoms with Crippen LogP contribution in [0.3, 0.4) is 0 Å². The Morgan fingerprint density at radius 2 is 1.85 bits per heavy atom. The highest BCUT2D eigenvalue weighted by Gasteiger charge is 2.40. The minimum absolute atomic E-state index is 0.0172. The molecule has 5 nitrogen and oxygen atoms in total. The molecule has 27 heavy (non-hydrogen) atoms. The Morgan fingerprint density at radius 1 is 1.22 bits per heavy atom. The summed E-state index contributed by atoms with van der Waals surface area (Å²) in [7, 11) is 0. The quantitative estimate of drug-likeness (QED) is 0.742. The first-order valence-corrected chi connectivity index (χ1v) is 10.8. The number of aryl methyl sites for hydroxylation is 1. The third-order valence-electron chi connectivity index (χ3n) is 5.05. The summed E-state index contributed by atoms with van der Waals surface area (Å²) in [6, 6.07) is 3.93. The summed E-state index contributed by atoms with van der Waals surface area (Å²) >= 11 is 1.45. The summed E-state index contributed by atoms with van der Waals surface area (Å²) in [4.78, 5) is 29.1. The minimum atomic E-state index is -0.164. The number of nitrogens with zero attached hydrogens (tertiary/aromatic N) is 1. The van der Waals surface area contributed by atoms with Crippen LogP contribution in [0, 0.1) is 6.92 Å². The maximum absolute atomic E-state index is 13.0. The molecular weight excluding hydrogens is 358 g/mol. The molecule has 0 unspecified atom stereocenters. The third kappa shape index (κ3) is 6.32. The fraction of sp³-hybridized carbons (Fsp3) is 0.714. The van der Waals surface area contributed by atoms with Crippen LogP contribution in [-0.4, -0.2) is 46.9 Å². The molecule has 2 rings (SSSR count). The van der Waals surface area contributed by atoms with Gasteiger partial charge in [0.25, 0.3) is 5.91 Å². The first-order valence-electron chi connectivity index (χ1n) is 9.96. The highest BCUT2D eigenvalue weighted by molar-refractivity contribution is 7.13. The van der Waals surface area contributed by atoms with Gasteiger partial charge in [-0.25, -0.2) is 0 Å². The number of amides is 2. The van der Waals surface area contributed by atoms with Gasteiger partial charge in [0.2, 0.25) is 5.91 Å². The maximum atomic E-state index is 13.0. The van der Waals surface area contributed by atoms with Gasteiger partial charge in [0.1, 0.15) is 0 Å². The van der Waals surface area contributed by atoms with Crippen molar-refractivity contribution in [1.82, 2.24) is 15.5 Å². The van der Waals surface area contributed by atoms with E-state index in [-0.39, 0.29) is 35.5 Å². The van der Waals surface area contributed by atoms with E-state index < -0.39 is 0 Å². The molecule has 0 aromatic carbocycles. The average molecular weight is 394 g/mol. The molecule has 1 aromatic rings. The van der Waals surface area contributed by atoms with Gasteiger partial charge in [-0.15, -0.1) is 11.3 Å². The van der Waals surface area contributed by atoms with Crippen molar-refractivity contribution in [3.05, 3.63) is 21.9 Å². The zero-order valence-electron chi connectivity index (χ0n) is 17.6. The van der Waals surface area contributed by atoms with Gasteiger partial charge in [0.05, 0.1) is 11.4 Å². The van der Waals surface area contributed by atoms with Crippen LogP contribution in [-0.2, 0) is 4.79 Å². The van der Waals surface area contributed by atoms with E-state index in [1.54, 1.807) is 0 Å². The molecule has 1 aromatic heterocycles. The molecule has 2 N–H and O–H groups in total. The van der Waals surface area contributed by atoms with Crippen LogP contribution in [0.2, 0.25) is 0 Å². The minimum Gasteiger partial charge on any atom is -0.342 e. The van der Waals surface area contributed by atoms with Gasteiger partial charge >= 0.3 is 0 Å². The molecule has 0 bridgehead atoms. The van der Waals surface area contributed by atoms with E-state index in [4.69, 9.17) is 0 Å². The van der Waals surface area contributed by atoms with Gasteiger partial charge in [0.15, 0.2) is 0 Å². The number of hydrogen-bond donors (Lipinski definition) is 2. The second-order valence-corrected chi connectivity index (χ2v) is 10.3. The van der Waals surface area contributed by atoms with Crippen LogP contribution in [0.1, 0.15) is 74.9 Å². The first kappa shape index (κ1) is 21.9. The van der Waals surface area contributed by atoms with Gasteiger partial charge in [0, 0.05) is 28.5 Å². The number of piperidine rings is 1. The normalized spacial score (nSPS) is 18.9. The van der Waals surface area contributed by atoms with E-state index in [0.717, 1.165) is 37.1 Å². The summed E-state index contributed by atoms with van der Waals surface area (Å²) in [5.74, 6) is -0.147. The predicted octanol–water partition coefficient (Wildman–Crippen LogP) is 3.72. The van der Waals surface area contributed by atoms with Crippen LogP contribution in [0.25, 0.3) is 0 Å². The molecule has 6 heteroatoms. The monoisotopic (exact) mass is 393 g/mol. The topological polar surface area (TPSA) is 61.4 Å². The molecule has 0 saturated carbocycles. The Labute approximate surface area is 167 Å². The van der Waals surface area contributed by atoms with Crippen LogP contribution in [0.4, 0.5) is 0 Å². The highest BCUT2D eigenvalue weighted by Crippen LogP contribution is 2.31. The van der Waals surface area contributed by atoms with E-state index in [1.165, 1.54) is 11.3 Å². The SMILES string of the molecule is CCCCN(C(=O)CNC(=O)c1ccc(C)s1)C1CC(C)(C)NC(C)(C)C1. The lowest BCUT2D eigenvalue weighted by atomic mass is 9.79. The Morgan fingerprint density at radius 3 is 2.37 bits per heavy atom. The van der Waals surface area contributed by atoms with Crippen LogP contribution < -0.4 is 10.6 Å². The number of rotatable bonds is 7. The van der Waals surface area contributed by atoms with Crippen molar-refractivity contribution in [2.24, 2.45) is 0 Å². The lowest BCUT2D eigenvalue weighted by Gasteiger charge is -2.49. The molecule has 1 aliphatic rings. The second kappa shape index (κ2) is 8.74. The zero-order valence-corrected chi connectivity index (χ0v) is 18.5. The summed E-state index contributed by atoms with van der Waals surface area (Å²) in [5.41, 5.74) is -0.0379. The standard InChI is InChI=1S/C21H35N3O2S/c1-7-8-11-24(16-12-20(3,4)23-21(5,6)13-16)18(25)14-22-19(26)17-10-9-15(2)27-17/h9-10,16,23H,7-8,11-14H2,1-6H3,(H,22,26). The van der Waals surface area contributed by atoms with Gasteiger partial charge < -0.3 is 15.5 Å². The summed E-state index contributed by atoms with van der Waals surface area (Å²) in [6.07, 6.45) is 3.87. The lowest BCUT2D eigenvalue weighted by molar-refractivity contribution is -0.134. The second-order valence-electron chi connectivity index (χ2n) is 8.99. The molecule has 0 atom stereocenters. The molecule has 2 amide bonds. The van der Waals surface area contributed by atoms with Crippen molar-refractivity contribution >= 4 is 23.2 Å². The number of nitrogens with one attached hydrogen (secondary N) is 2. The summed E-state index contributed by atoms with van der Waals surface area (Å²) in [5, 5.41) is 6.49. The Balaban J connectivity index is 2.05. The lowest BCUT2D eigenvalue weighted by Crippen LogP contribution is -2.63. The van der Waals surface area contributed by atoms with E-state index in [0.29, 0.717) is 4.88 Å². The Bertz CT molecular complexity index is 650. The predicted molar refractivity (Wildman–Crippen MR) is 112 cm³/mol. The number of thiophene rings is 1. The van der Waals surface area contributed by atoms with Gasteiger partial charge in [-0.05, 0) is 66.0 Å². The number of unbranched alkanes of at least 4 members (excludes halogenated alkanes) is 1.